The minimum absolute atomic E-state index is 0.0322. The van der Waals surface area contributed by atoms with Gasteiger partial charge in [0, 0.05) is 23.5 Å². The molecule has 0 radical (unpaired) electrons. The average Bonchev–Trinajstić information content (AvgIpc) is 2.51. The molecule has 1 heterocycles. The number of sulfonamides is 1. The summed E-state index contributed by atoms with van der Waals surface area (Å²) in [4.78, 5) is 8.22. The Labute approximate surface area is 140 Å². The van der Waals surface area contributed by atoms with Crippen LogP contribution in [0.15, 0.2) is 28.2 Å². The zero-order valence-electron chi connectivity index (χ0n) is 13.6. The highest BCUT2D eigenvalue weighted by molar-refractivity contribution is 7.89. The number of rotatable bonds is 4. The number of aryl methyl sites for hydroxylation is 2. The van der Waals surface area contributed by atoms with Crippen molar-refractivity contribution in [3.63, 3.8) is 0 Å². The van der Waals surface area contributed by atoms with E-state index in [0.29, 0.717) is 22.5 Å². The van der Waals surface area contributed by atoms with Crippen LogP contribution in [0.5, 0.6) is 5.75 Å². The fourth-order valence-corrected chi connectivity index (χ4v) is 2.78. The Morgan fingerprint density at radius 1 is 1.29 bits per heavy atom. The van der Waals surface area contributed by atoms with E-state index in [1.54, 1.807) is 20.8 Å². The van der Waals surface area contributed by atoms with E-state index in [1.807, 2.05) is 0 Å². The number of aromatic nitrogens is 1. The molecule has 0 fully saturated rings. The summed E-state index contributed by atoms with van der Waals surface area (Å²) in [7, 11) is -3.85. The Bertz CT molecular complexity index is 921. The van der Waals surface area contributed by atoms with Crippen molar-refractivity contribution in [2.75, 3.05) is 0 Å². The number of hydrogen-bond acceptors (Lipinski definition) is 6. The van der Waals surface area contributed by atoms with Crippen LogP contribution in [0.3, 0.4) is 0 Å². The molecule has 8 heteroatoms. The standard InChI is InChI=1S/C16H19N3O4S/c1-9-4-13(24(17,22)23)5-15(10(9)2)19-7-14-12(8-20)6-18-11(3)16(14)21/h4-7,20-21H,8H2,1-3H3,(H2,17,22,23). The van der Waals surface area contributed by atoms with Crippen LogP contribution in [0.1, 0.15) is 27.9 Å². The summed E-state index contributed by atoms with van der Waals surface area (Å²) in [5, 5.41) is 24.7. The zero-order valence-corrected chi connectivity index (χ0v) is 14.4. The number of benzene rings is 1. The molecule has 1 aromatic heterocycles. The number of nitrogens with two attached hydrogens (primary N) is 1. The quantitative estimate of drug-likeness (QED) is 0.723. The van der Waals surface area contributed by atoms with Gasteiger partial charge < -0.3 is 10.2 Å². The molecule has 0 unspecified atom stereocenters. The fourth-order valence-electron chi connectivity index (χ4n) is 2.16. The van der Waals surface area contributed by atoms with Crippen molar-refractivity contribution in [3.8, 4) is 5.75 Å². The normalized spacial score (nSPS) is 12.0. The van der Waals surface area contributed by atoms with Gasteiger partial charge in [-0.05, 0) is 44.0 Å². The number of aliphatic hydroxyl groups is 1. The first-order valence-corrected chi connectivity index (χ1v) is 8.66. The number of nitrogens with zero attached hydrogens (tertiary/aromatic N) is 2. The molecule has 0 bridgehead atoms. The minimum atomic E-state index is -3.85. The van der Waals surface area contributed by atoms with E-state index in [2.05, 4.69) is 9.98 Å². The molecule has 0 spiro atoms. The molecule has 24 heavy (non-hydrogen) atoms. The molecular formula is C16H19N3O4S. The second-order valence-electron chi connectivity index (χ2n) is 5.48. The van der Waals surface area contributed by atoms with Crippen molar-refractivity contribution in [2.24, 2.45) is 10.1 Å². The van der Waals surface area contributed by atoms with Gasteiger partial charge in [-0.3, -0.25) is 9.98 Å². The summed E-state index contributed by atoms with van der Waals surface area (Å²) < 4.78 is 23.1. The molecule has 0 saturated carbocycles. The third kappa shape index (κ3) is 3.61. The molecule has 128 valence electrons. The van der Waals surface area contributed by atoms with Gasteiger partial charge in [-0.1, -0.05) is 0 Å². The van der Waals surface area contributed by atoms with E-state index in [9.17, 15) is 18.6 Å². The van der Waals surface area contributed by atoms with Gasteiger partial charge in [0.15, 0.2) is 0 Å². The first kappa shape index (κ1) is 18.1. The number of aliphatic hydroxyl groups excluding tert-OH is 1. The summed E-state index contributed by atoms with van der Waals surface area (Å²) >= 11 is 0. The predicted molar refractivity (Wildman–Crippen MR) is 91.1 cm³/mol. The lowest BCUT2D eigenvalue weighted by Gasteiger charge is -2.09. The highest BCUT2D eigenvalue weighted by Crippen LogP contribution is 2.27. The first-order valence-electron chi connectivity index (χ1n) is 7.11. The van der Waals surface area contributed by atoms with Gasteiger partial charge in [-0.15, -0.1) is 0 Å². The lowest BCUT2D eigenvalue weighted by Crippen LogP contribution is -2.12. The number of pyridine rings is 1. The average molecular weight is 349 g/mol. The Balaban J connectivity index is 2.58. The van der Waals surface area contributed by atoms with Gasteiger partial charge in [0.2, 0.25) is 10.0 Å². The third-order valence-electron chi connectivity index (χ3n) is 3.80. The van der Waals surface area contributed by atoms with Crippen molar-refractivity contribution in [2.45, 2.75) is 32.3 Å². The molecule has 0 amide bonds. The lowest BCUT2D eigenvalue weighted by molar-refractivity contribution is 0.280. The molecule has 4 N–H and O–H groups in total. The summed E-state index contributed by atoms with van der Waals surface area (Å²) in [5.41, 5.74) is 3.08. The van der Waals surface area contributed by atoms with E-state index in [-0.39, 0.29) is 17.3 Å². The topological polar surface area (TPSA) is 126 Å². The molecule has 0 aliphatic rings. The molecule has 0 aliphatic heterocycles. The van der Waals surface area contributed by atoms with E-state index in [1.165, 1.54) is 24.5 Å². The molecule has 1 aromatic carbocycles. The lowest BCUT2D eigenvalue weighted by atomic mass is 10.1. The number of hydrogen-bond donors (Lipinski definition) is 3. The van der Waals surface area contributed by atoms with E-state index < -0.39 is 10.0 Å². The summed E-state index contributed by atoms with van der Waals surface area (Å²) in [6, 6.07) is 2.86. The number of aliphatic imine (C=N–C) groups is 1. The van der Waals surface area contributed by atoms with Crippen LogP contribution in [0.2, 0.25) is 0 Å². The predicted octanol–water partition coefficient (Wildman–Crippen LogP) is 1.60. The molecule has 0 saturated heterocycles. The van der Waals surface area contributed by atoms with E-state index >= 15 is 0 Å². The van der Waals surface area contributed by atoms with Gasteiger partial charge >= 0.3 is 0 Å². The Kier molecular flexibility index (Phi) is 5.02. The Morgan fingerprint density at radius 3 is 2.54 bits per heavy atom. The van der Waals surface area contributed by atoms with Gasteiger partial charge in [-0.25, -0.2) is 13.6 Å². The number of primary sulfonamides is 1. The third-order valence-corrected chi connectivity index (χ3v) is 4.70. The maximum atomic E-state index is 11.6. The molecule has 0 atom stereocenters. The Hall–Kier alpha value is -2.29. The second-order valence-corrected chi connectivity index (χ2v) is 7.04. The summed E-state index contributed by atoms with van der Waals surface area (Å²) in [6.07, 6.45) is 2.83. The summed E-state index contributed by atoms with van der Waals surface area (Å²) in [6.45, 7) is 4.89. The van der Waals surface area contributed by atoms with Crippen molar-refractivity contribution < 1.29 is 18.6 Å². The van der Waals surface area contributed by atoms with Crippen LogP contribution < -0.4 is 5.14 Å². The largest absolute Gasteiger partial charge is 0.505 e. The maximum Gasteiger partial charge on any atom is 0.238 e. The van der Waals surface area contributed by atoms with Crippen LogP contribution in [0.25, 0.3) is 0 Å². The highest BCUT2D eigenvalue weighted by Gasteiger charge is 2.13. The molecule has 2 rings (SSSR count). The van der Waals surface area contributed by atoms with Crippen molar-refractivity contribution in [3.05, 3.63) is 46.3 Å². The maximum absolute atomic E-state index is 11.6. The van der Waals surface area contributed by atoms with Gasteiger partial charge in [0.1, 0.15) is 5.75 Å². The van der Waals surface area contributed by atoms with E-state index in [0.717, 1.165) is 11.1 Å². The van der Waals surface area contributed by atoms with Crippen molar-refractivity contribution >= 4 is 21.9 Å². The van der Waals surface area contributed by atoms with E-state index in [4.69, 9.17) is 5.14 Å². The SMILES string of the molecule is Cc1cc(S(N)(=O)=O)cc(N=Cc2c(CO)cnc(C)c2O)c1C. The monoisotopic (exact) mass is 349 g/mol. The second kappa shape index (κ2) is 6.68. The minimum Gasteiger partial charge on any atom is -0.505 e. The van der Waals surface area contributed by atoms with Crippen LogP contribution in [-0.4, -0.2) is 29.8 Å². The van der Waals surface area contributed by atoms with Crippen molar-refractivity contribution in [1.82, 2.24) is 4.98 Å². The smallest absolute Gasteiger partial charge is 0.238 e. The number of aromatic hydroxyl groups is 1. The molecule has 7 nitrogen and oxygen atoms in total. The fraction of sp³-hybridized carbons (Fsp3) is 0.250. The summed E-state index contributed by atoms with van der Waals surface area (Å²) in [5.74, 6) is -0.0812. The van der Waals surface area contributed by atoms with Gasteiger partial charge in [-0.2, -0.15) is 0 Å². The van der Waals surface area contributed by atoms with Gasteiger partial charge in [0.05, 0.1) is 22.9 Å². The molecule has 2 aromatic rings. The zero-order chi connectivity index (χ0) is 18.1. The first-order chi connectivity index (χ1) is 11.1. The van der Waals surface area contributed by atoms with Crippen LogP contribution >= 0.6 is 0 Å². The van der Waals surface area contributed by atoms with Crippen LogP contribution in [0.4, 0.5) is 5.69 Å². The molecular weight excluding hydrogens is 330 g/mol. The Morgan fingerprint density at radius 2 is 1.96 bits per heavy atom. The highest BCUT2D eigenvalue weighted by atomic mass is 32.2. The van der Waals surface area contributed by atoms with Crippen LogP contribution in [0, 0.1) is 20.8 Å². The van der Waals surface area contributed by atoms with Gasteiger partial charge in [0.25, 0.3) is 0 Å². The van der Waals surface area contributed by atoms with Crippen LogP contribution in [-0.2, 0) is 16.6 Å². The van der Waals surface area contributed by atoms with Crippen molar-refractivity contribution in [1.29, 1.82) is 0 Å². The molecule has 0 aliphatic carbocycles.